The van der Waals surface area contributed by atoms with Crippen LogP contribution in [0.4, 0.5) is 0 Å². The molecule has 1 rings (SSSR count). The fourth-order valence-electron chi connectivity index (χ4n) is 2.68. The van der Waals surface area contributed by atoms with Gasteiger partial charge in [-0.1, -0.05) is 24.0 Å². The molecule has 0 saturated heterocycles. The molecule has 0 amide bonds. The molecule has 0 radical (unpaired) electrons. The van der Waals surface area contributed by atoms with Crippen LogP contribution in [0, 0.1) is 17.8 Å². The van der Waals surface area contributed by atoms with Crippen LogP contribution in [-0.4, -0.2) is 41.8 Å². The van der Waals surface area contributed by atoms with E-state index >= 15 is 0 Å². The van der Waals surface area contributed by atoms with Crippen LogP contribution < -0.4 is 0 Å². The first-order chi connectivity index (χ1) is 12.7. The first-order valence-electron chi connectivity index (χ1n) is 9.01. The Morgan fingerprint density at radius 3 is 2.78 bits per heavy atom. The number of rotatable bonds is 5. The summed E-state index contributed by atoms with van der Waals surface area (Å²) in [6, 6.07) is 0. The third-order valence-electron chi connectivity index (χ3n) is 4.63. The molecule has 2 N–H and O–H groups in total. The molecule has 2 unspecified atom stereocenters. The molecule has 5 heteroatoms. The predicted octanol–water partition coefficient (Wildman–Crippen LogP) is 3.61. The molecule has 0 aromatic rings. The van der Waals surface area contributed by atoms with Crippen LogP contribution in [-0.2, 0) is 14.3 Å². The standard InChI is InChI=1S/C22H30O5/c1-16(2)19-11-10-18(21(24)25)9-7-13-22(4,27-15-26-5)12-6-8-17(3)20(23)14-19/h7-8,19-20,23H,1,10-11,13-15H2,2-5H3,(H,24,25)/b17-8-/t9?,19-,20?,22?/m0/s1. The molecule has 0 heterocycles. The van der Waals surface area contributed by atoms with Crippen LogP contribution in [0.3, 0.4) is 0 Å². The van der Waals surface area contributed by atoms with Crippen LogP contribution in [0.2, 0.25) is 0 Å². The first-order valence-corrected chi connectivity index (χ1v) is 9.01. The lowest BCUT2D eigenvalue weighted by Gasteiger charge is -2.22. The minimum Gasteiger partial charge on any atom is -0.477 e. The molecule has 0 aromatic heterocycles. The van der Waals surface area contributed by atoms with Crippen molar-refractivity contribution in [2.45, 2.75) is 58.2 Å². The molecule has 0 saturated carbocycles. The highest BCUT2D eigenvalue weighted by Gasteiger charge is 2.22. The minimum absolute atomic E-state index is 0.0192. The summed E-state index contributed by atoms with van der Waals surface area (Å²) in [5.41, 5.74) is 3.91. The second kappa shape index (κ2) is 10.9. The van der Waals surface area contributed by atoms with E-state index in [1.54, 1.807) is 19.1 Å². The summed E-state index contributed by atoms with van der Waals surface area (Å²) in [5, 5.41) is 19.9. The van der Waals surface area contributed by atoms with E-state index in [-0.39, 0.29) is 18.3 Å². The number of methoxy groups -OCH3 is 1. The summed E-state index contributed by atoms with van der Waals surface area (Å²) in [7, 11) is 1.52. The highest BCUT2D eigenvalue weighted by molar-refractivity contribution is 5.86. The largest absolute Gasteiger partial charge is 0.477 e. The number of allylic oxidation sites excluding steroid dienone is 2. The molecule has 0 fully saturated rings. The topological polar surface area (TPSA) is 76.0 Å². The van der Waals surface area contributed by atoms with Crippen molar-refractivity contribution in [3.63, 3.8) is 0 Å². The molecule has 0 aromatic carbocycles. The van der Waals surface area contributed by atoms with Gasteiger partial charge in [-0.3, -0.25) is 0 Å². The van der Waals surface area contributed by atoms with Crippen LogP contribution >= 0.6 is 0 Å². The Morgan fingerprint density at radius 2 is 2.19 bits per heavy atom. The van der Waals surface area contributed by atoms with Crippen LogP contribution in [0.15, 0.2) is 41.2 Å². The zero-order valence-electron chi connectivity index (χ0n) is 16.7. The number of ether oxygens (including phenoxy) is 2. The minimum atomic E-state index is -0.999. The lowest BCUT2D eigenvalue weighted by atomic mass is 9.87. The SMILES string of the molecule is C=C(C)[C@H]1CCC(C(=O)O)=C=CCC(C)(OCOC)C#C/C=C(/C)C(O)C1. The van der Waals surface area contributed by atoms with Gasteiger partial charge in [-0.05, 0) is 63.7 Å². The number of carboxylic acid groups (broad SMARTS) is 1. The molecule has 3 atom stereocenters. The van der Waals surface area contributed by atoms with Gasteiger partial charge in [0.15, 0.2) is 0 Å². The van der Waals surface area contributed by atoms with Gasteiger partial charge in [0.2, 0.25) is 0 Å². The Bertz CT molecular complexity index is 700. The first kappa shape index (κ1) is 23.0. The number of hydrogen-bond donors (Lipinski definition) is 2. The van der Waals surface area contributed by atoms with Crippen molar-refractivity contribution in [2.75, 3.05) is 13.9 Å². The van der Waals surface area contributed by atoms with Gasteiger partial charge < -0.3 is 19.7 Å². The summed E-state index contributed by atoms with van der Waals surface area (Å²) in [6.45, 7) is 9.59. The summed E-state index contributed by atoms with van der Waals surface area (Å²) < 4.78 is 10.6. The van der Waals surface area contributed by atoms with Crippen molar-refractivity contribution in [1.29, 1.82) is 0 Å². The monoisotopic (exact) mass is 374 g/mol. The molecule has 27 heavy (non-hydrogen) atoms. The van der Waals surface area contributed by atoms with Crippen LogP contribution in [0.25, 0.3) is 0 Å². The number of carbonyl (C=O) groups is 1. The quantitative estimate of drug-likeness (QED) is 0.333. The number of aliphatic carboxylic acids is 1. The second-order valence-corrected chi connectivity index (χ2v) is 7.11. The molecular weight excluding hydrogens is 344 g/mol. The van der Waals surface area contributed by atoms with Gasteiger partial charge in [-0.25, -0.2) is 4.79 Å². The number of aliphatic hydroxyl groups excluding tert-OH is 1. The zero-order chi connectivity index (χ0) is 20.4. The fourth-order valence-corrected chi connectivity index (χ4v) is 2.68. The lowest BCUT2D eigenvalue weighted by Crippen LogP contribution is -2.27. The van der Waals surface area contributed by atoms with Crippen molar-refractivity contribution >= 4 is 5.97 Å². The Hall–Kier alpha value is -2.09. The van der Waals surface area contributed by atoms with Gasteiger partial charge in [0.1, 0.15) is 12.4 Å². The molecule has 0 aliphatic heterocycles. The maximum Gasteiger partial charge on any atom is 0.339 e. The van der Waals surface area contributed by atoms with Gasteiger partial charge in [0.05, 0.1) is 11.7 Å². The van der Waals surface area contributed by atoms with Crippen molar-refractivity contribution in [3.8, 4) is 11.8 Å². The van der Waals surface area contributed by atoms with Crippen LogP contribution in [0.1, 0.15) is 46.5 Å². The maximum atomic E-state index is 11.5. The molecule has 1 aliphatic carbocycles. The number of carboxylic acids is 1. The summed E-state index contributed by atoms with van der Waals surface area (Å²) in [5.74, 6) is 5.00. The summed E-state index contributed by atoms with van der Waals surface area (Å²) in [6.07, 6.45) is 4.46. The Morgan fingerprint density at radius 1 is 1.48 bits per heavy atom. The van der Waals surface area contributed by atoms with Gasteiger partial charge >= 0.3 is 5.97 Å². The normalized spacial score (nSPS) is 28.8. The third-order valence-corrected chi connectivity index (χ3v) is 4.63. The van der Waals surface area contributed by atoms with Crippen molar-refractivity contribution in [3.05, 3.63) is 41.2 Å². The van der Waals surface area contributed by atoms with Crippen molar-refractivity contribution in [1.82, 2.24) is 0 Å². The summed E-state index contributed by atoms with van der Waals surface area (Å²) >= 11 is 0. The van der Waals surface area contributed by atoms with E-state index in [4.69, 9.17) is 9.47 Å². The smallest absolute Gasteiger partial charge is 0.339 e. The Kier molecular flexibility index (Phi) is 9.28. The number of hydrogen-bond acceptors (Lipinski definition) is 4. The molecule has 0 bridgehead atoms. The van der Waals surface area contributed by atoms with Gasteiger partial charge in [0.25, 0.3) is 0 Å². The molecule has 148 valence electrons. The predicted molar refractivity (Wildman–Crippen MR) is 105 cm³/mol. The van der Waals surface area contributed by atoms with Crippen LogP contribution in [0.5, 0.6) is 0 Å². The van der Waals surface area contributed by atoms with Gasteiger partial charge in [0, 0.05) is 13.5 Å². The van der Waals surface area contributed by atoms with Gasteiger partial charge in [-0.15, -0.1) is 5.73 Å². The fraction of sp³-hybridized carbons (Fsp3) is 0.545. The number of aliphatic hydroxyl groups is 1. The van der Waals surface area contributed by atoms with E-state index in [2.05, 4.69) is 24.2 Å². The average Bonchev–Trinajstić information content (AvgIpc) is 2.60. The second-order valence-electron chi connectivity index (χ2n) is 7.11. The van der Waals surface area contributed by atoms with E-state index in [0.717, 1.165) is 11.1 Å². The molecular formula is C22H30O5. The molecule has 1 aliphatic rings. The highest BCUT2D eigenvalue weighted by atomic mass is 16.7. The van der Waals surface area contributed by atoms with Crippen molar-refractivity contribution in [2.24, 2.45) is 5.92 Å². The van der Waals surface area contributed by atoms with E-state index in [1.165, 1.54) is 7.11 Å². The Balaban J connectivity index is 3.28. The van der Waals surface area contributed by atoms with E-state index in [1.807, 2.05) is 13.8 Å². The third kappa shape index (κ3) is 7.99. The molecule has 0 spiro atoms. The van der Waals surface area contributed by atoms with E-state index in [9.17, 15) is 15.0 Å². The van der Waals surface area contributed by atoms with Crippen molar-refractivity contribution < 1.29 is 24.5 Å². The zero-order valence-corrected chi connectivity index (χ0v) is 16.7. The maximum absolute atomic E-state index is 11.5. The van der Waals surface area contributed by atoms with Gasteiger partial charge in [-0.2, -0.15) is 0 Å². The lowest BCUT2D eigenvalue weighted by molar-refractivity contribution is -0.132. The Labute approximate surface area is 162 Å². The summed E-state index contributed by atoms with van der Waals surface area (Å²) in [4.78, 5) is 11.5. The average molecular weight is 374 g/mol. The molecule has 5 nitrogen and oxygen atoms in total. The van der Waals surface area contributed by atoms with E-state index < -0.39 is 17.7 Å². The highest BCUT2D eigenvalue weighted by Crippen LogP contribution is 2.26. The van der Waals surface area contributed by atoms with E-state index in [0.29, 0.717) is 25.7 Å².